The number of hydrogen-bond acceptors (Lipinski definition) is 5. The van der Waals surface area contributed by atoms with Crippen molar-refractivity contribution in [3.8, 4) is 5.75 Å². The van der Waals surface area contributed by atoms with E-state index in [-0.39, 0.29) is 17.2 Å². The first-order valence-corrected chi connectivity index (χ1v) is 15.3. The van der Waals surface area contributed by atoms with Gasteiger partial charge in [0.25, 0.3) is 0 Å². The SMILES string of the molecule is CC(C)C[C@H](NCc1ccc(C(C)(C)C)cc1)C(=O)N[C@@H](Cc1ccc(OCc2ccccc2)cc1)C(=O)OC(C)(C)C. The monoisotopic (exact) mass is 586 g/mol. The average Bonchev–Trinajstić information content (AvgIpc) is 2.93. The molecule has 0 saturated carbocycles. The van der Waals surface area contributed by atoms with Crippen LogP contribution in [0.1, 0.15) is 84.1 Å². The zero-order valence-corrected chi connectivity index (χ0v) is 27.2. The van der Waals surface area contributed by atoms with Crippen molar-refractivity contribution in [1.29, 1.82) is 0 Å². The summed E-state index contributed by atoms with van der Waals surface area (Å²) in [4.78, 5) is 26.9. The Morgan fingerprint density at radius 2 is 1.35 bits per heavy atom. The molecular weight excluding hydrogens is 536 g/mol. The molecule has 2 atom stereocenters. The molecule has 1 amide bonds. The maximum absolute atomic E-state index is 13.6. The molecule has 2 N–H and O–H groups in total. The average molecular weight is 587 g/mol. The number of hydrogen-bond donors (Lipinski definition) is 2. The molecule has 0 spiro atoms. The molecule has 0 aliphatic rings. The van der Waals surface area contributed by atoms with E-state index in [0.717, 1.165) is 22.4 Å². The van der Waals surface area contributed by atoms with Gasteiger partial charge in [-0.25, -0.2) is 4.79 Å². The molecule has 43 heavy (non-hydrogen) atoms. The van der Waals surface area contributed by atoms with Crippen molar-refractivity contribution < 1.29 is 19.1 Å². The van der Waals surface area contributed by atoms with Gasteiger partial charge in [-0.15, -0.1) is 0 Å². The van der Waals surface area contributed by atoms with E-state index in [9.17, 15) is 9.59 Å². The summed E-state index contributed by atoms with van der Waals surface area (Å²) in [6.07, 6.45) is 0.947. The molecule has 232 valence electrons. The van der Waals surface area contributed by atoms with Crippen LogP contribution < -0.4 is 15.4 Å². The summed E-state index contributed by atoms with van der Waals surface area (Å²) in [6, 6.07) is 24.8. The highest BCUT2D eigenvalue weighted by molar-refractivity contribution is 5.88. The van der Waals surface area contributed by atoms with E-state index in [1.54, 1.807) is 0 Å². The molecule has 3 aromatic rings. The number of esters is 1. The minimum atomic E-state index is -0.828. The quantitative estimate of drug-likeness (QED) is 0.208. The Hall–Kier alpha value is -3.64. The zero-order valence-electron chi connectivity index (χ0n) is 27.2. The van der Waals surface area contributed by atoms with Gasteiger partial charge in [-0.3, -0.25) is 4.79 Å². The second-order valence-corrected chi connectivity index (χ2v) is 13.7. The molecule has 0 fully saturated rings. The molecule has 0 aliphatic carbocycles. The highest BCUT2D eigenvalue weighted by Crippen LogP contribution is 2.22. The molecule has 0 radical (unpaired) electrons. The van der Waals surface area contributed by atoms with Gasteiger partial charge in [0.05, 0.1) is 6.04 Å². The second-order valence-electron chi connectivity index (χ2n) is 13.7. The van der Waals surface area contributed by atoms with Crippen molar-refractivity contribution in [2.45, 2.75) is 104 Å². The topological polar surface area (TPSA) is 76.7 Å². The predicted octanol–water partition coefficient (Wildman–Crippen LogP) is 7.14. The van der Waals surface area contributed by atoms with Gasteiger partial charge < -0.3 is 20.1 Å². The molecule has 6 heteroatoms. The van der Waals surface area contributed by atoms with E-state index in [4.69, 9.17) is 9.47 Å². The van der Waals surface area contributed by atoms with Crippen LogP contribution >= 0.6 is 0 Å². The molecule has 0 unspecified atom stereocenters. The fourth-order valence-electron chi connectivity index (χ4n) is 4.65. The maximum atomic E-state index is 13.6. The summed E-state index contributed by atoms with van der Waals surface area (Å²) in [6.45, 7) is 17.3. The first kappa shape index (κ1) is 33.9. The summed E-state index contributed by atoms with van der Waals surface area (Å²) in [5.41, 5.74) is 3.76. The van der Waals surface area contributed by atoms with E-state index in [1.165, 1.54) is 5.56 Å². The van der Waals surface area contributed by atoms with Gasteiger partial charge in [0, 0.05) is 13.0 Å². The summed E-state index contributed by atoms with van der Waals surface area (Å²) < 4.78 is 11.6. The minimum absolute atomic E-state index is 0.0816. The van der Waals surface area contributed by atoms with E-state index in [1.807, 2.05) is 75.4 Å². The number of benzene rings is 3. The Bertz CT molecular complexity index is 1290. The number of carbonyl (C=O) groups excluding carboxylic acids is 2. The normalized spacial score (nSPS) is 13.3. The van der Waals surface area contributed by atoms with Crippen LogP contribution in [0.3, 0.4) is 0 Å². The zero-order chi connectivity index (χ0) is 31.6. The van der Waals surface area contributed by atoms with Gasteiger partial charge in [0.15, 0.2) is 0 Å². The number of amides is 1. The van der Waals surface area contributed by atoms with Crippen molar-refractivity contribution in [2.75, 3.05) is 0 Å². The fourth-order valence-corrected chi connectivity index (χ4v) is 4.65. The van der Waals surface area contributed by atoms with Gasteiger partial charge in [0.1, 0.15) is 24.0 Å². The lowest BCUT2D eigenvalue weighted by molar-refractivity contribution is -0.158. The van der Waals surface area contributed by atoms with E-state index in [2.05, 4.69) is 69.5 Å². The van der Waals surface area contributed by atoms with Crippen molar-refractivity contribution in [3.63, 3.8) is 0 Å². The summed E-state index contributed by atoms with van der Waals surface area (Å²) in [5.74, 6) is 0.363. The van der Waals surface area contributed by atoms with Crippen LogP contribution in [0.15, 0.2) is 78.9 Å². The Balaban J connectivity index is 1.70. The first-order valence-electron chi connectivity index (χ1n) is 15.3. The van der Waals surface area contributed by atoms with Crippen molar-refractivity contribution in [1.82, 2.24) is 10.6 Å². The molecule has 6 nitrogen and oxygen atoms in total. The van der Waals surface area contributed by atoms with Crippen LogP contribution in [-0.2, 0) is 39.3 Å². The third-order valence-electron chi connectivity index (χ3n) is 7.02. The largest absolute Gasteiger partial charge is 0.489 e. The molecular formula is C37H50N2O4. The third-order valence-corrected chi connectivity index (χ3v) is 7.02. The van der Waals surface area contributed by atoms with Crippen LogP contribution in [0.5, 0.6) is 5.75 Å². The Morgan fingerprint density at radius 1 is 0.744 bits per heavy atom. The lowest BCUT2D eigenvalue weighted by Gasteiger charge is -2.27. The van der Waals surface area contributed by atoms with Crippen molar-refractivity contribution in [3.05, 3.63) is 101 Å². The predicted molar refractivity (Wildman–Crippen MR) is 174 cm³/mol. The lowest BCUT2D eigenvalue weighted by Crippen LogP contribution is -2.52. The highest BCUT2D eigenvalue weighted by atomic mass is 16.6. The number of rotatable bonds is 13. The lowest BCUT2D eigenvalue weighted by atomic mass is 9.87. The van der Waals surface area contributed by atoms with E-state index < -0.39 is 23.7 Å². The summed E-state index contributed by atoms with van der Waals surface area (Å²) in [7, 11) is 0. The van der Waals surface area contributed by atoms with Gasteiger partial charge in [0.2, 0.25) is 5.91 Å². The summed E-state index contributed by atoms with van der Waals surface area (Å²) in [5, 5.41) is 6.45. The molecule has 0 bridgehead atoms. The van der Waals surface area contributed by atoms with Gasteiger partial charge in [-0.1, -0.05) is 101 Å². The fraction of sp³-hybridized carbons (Fsp3) is 0.459. The minimum Gasteiger partial charge on any atom is -0.489 e. The molecule has 0 aromatic heterocycles. The van der Waals surface area contributed by atoms with Gasteiger partial charge >= 0.3 is 5.97 Å². The van der Waals surface area contributed by atoms with E-state index in [0.29, 0.717) is 26.0 Å². The third kappa shape index (κ3) is 11.9. The van der Waals surface area contributed by atoms with Crippen molar-refractivity contribution >= 4 is 11.9 Å². The smallest absolute Gasteiger partial charge is 0.329 e. The molecule has 0 heterocycles. The standard InChI is InChI=1S/C37H50N2O4/c1-26(2)22-32(38-24-28-14-18-30(19-15-28)36(3,4)5)34(40)39-33(35(41)43-37(6,7)8)23-27-16-20-31(21-17-27)42-25-29-12-10-9-11-13-29/h9-21,26,32-33,38H,22-25H2,1-8H3,(H,39,40)/t32-,33-/m0/s1. The van der Waals surface area contributed by atoms with Crippen LogP contribution in [0.4, 0.5) is 0 Å². The molecule has 3 aromatic carbocycles. The highest BCUT2D eigenvalue weighted by Gasteiger charge is 2.30. The van der Waals surface area contributed by atoms with Crippen molar-refractivity contribution in [2.24, 2.45) is 5.92 Å². The van der Waals surface area contributed by atoms with Crippen LogP contribution in [0.25, 0.3) is 0 Å². The Morgan fingerprint density at radius 3 is 1.91 bits per heavy atom. The number of carbonyl (C=O) groups is 2. The van der Waals surface area contributed by atoms with Crippen LogP contribution in [0, 0.1) is 5.92 Å². The van der Waals surface area contributed by atoms with Crippen LogP contribution in [0.2, 0.25) is 0 Å². The molecule has 0 aliphatic heterocycles. The Kier molecular flexibility index (Phi) is 12.0. The second kappa shape index (κ2) is 15.2. The summed E-state index contributed by atoms with van der Waals surface area (Å²) >= 11 is 0. The van der Waals surface area contributed by atoms with Gasteiger partial charge in [-0.2, -0.15) is 0 Å². The van der Waals surface area contributed by atoms with E-state index >= 15 is 0 Å². The van der Waals surface area contributed by atoms with Gasteiger partial charge in [-0.05, 0) is 72.9 Å². The van der Waals surface area contributed by atoms with Crippen LogP contribution in [-0.4, -0.2) is 29.6 Å². The number of nitrogens with one attached hydrogen (secondary N) is 2. The first-order chi connectivity index (χ1) is 20.2. The maximum Gasteiger partial charge on any atom is 0.329 e. The molecule has 3 rings (SSSR count). The Labute approximate surface area is 258 Å². The number of ether oxygens (including phenoxy) is 2. The molecule has 0 saturated heterocycles.